The Balaban J connectivity index is 2.17. The van der Waals surface area contributed by atoms with Crippen molar-refractivity contribution in [1.29, 1.82) is 0 Å². The lowest BCUT2D eigenvalue weighted by molar-refractivity contribution is -0.127. The highest BCUT2D eigenvalue weighted by Crippen LogP contribution is 2.03. The summed E-state index contributed by atoms with van der Waals surface area (Å²) in [7, 11) is 0. The molecule has 1 aliphatic rings. The molecule has 0 aromatic carbocycles. The van der Waals surface area contributed by atoms with Crippen molar-refractivity contribution in [1.82, 2.24) is 16.0 Å². The summed E-state index contributed by atoms with van der Waals surface area (Å²) in [6.07, 6.45) is 1.89. The van der Waals surface area contributed by atoms with Gasteiger partial charge in [-0.25, -0.2) is 0 Å². The van der Waals surface area contributed by atoms with E-state index in [1.165, 1.54) is 0 Å². The maximum atomic E-state index is 11.4. The van der Waals surface area contributed by atoms with Crippen molar-refractivity contribution in [2.75, 3.05) is 19.6 Å². The third-order valence-corrected chi connectivity index (χ3v) is 2.17. The van der Waals surface area contributed by atoms with Crippen LogP contribution in [0, 0.1) is 0 Å². The van der Waals surface area contributed by atoms with E-state index in [2.05, 4.69) is 16.0 Å². The lowest BCUT2D eigenvalue weighted by Gasteiger charge is -2.10. The Hall–Kier alpha value is -1.10. The zero-order chi connectivity index (χ0) is 10.4. The molecule has 1 atom stereocenters. The second-order valence-corrected chi connectivity index (χ2v) is 3.32. The van der Waals surface area contributed by atoms with E-state index in [9.17, 15) is 9.59 Å². The maximum absolute atomic E-state index is 11.4. The number of hydrogen-bond acceptors (Lipinski definition) is 3. The topological polar surface area (TPSA) is 70.2 Å². The van der Waals surface area contributed by atoms with Gasteiger partial charge in [0.15, 0.2) is 0 Å². The number of nitrogens with one attached hydrogen (secondary N) is 3. The number of amides is 2. The molecule has 0 aliphatic carbocycles. The van der Waals surface area contributed by atoms with Gasteiger partial charge in [0.25, 0.3) is 0 Å². The summed E-state index contributed by atoms with van der Waals surface area (Å²) in [6, 6.07) is -0.107. The van der Waals surface area contributed by atoms with E-state index in [1.54, 1.807) is 0 Å². The summed E-state index contributed by atoms with van der Waals surface area (Å²) in [5.74, 6) is -0.215. The third kappa shape index (κ3) is 3.33. The quantitative estimate of drug-likeness (QED) is 0.543. The van der Waals surface area contributed by atoms with Gasteiger partial charge < -0.3 is 16.0 Å². The van der Waals surface area contributed by atoms with Crippen LogP contribution in [0.25, 0.3) is 0 Å². The van der Waals surface area contributed by atoms with Gasteiger partial charge in [0.05, 0.1) is 12.6 Å². The van der Waals surface area contributed by atoms with Crippen LogP contribution in [0.1, 0.15) is 19.8 Å². The Morgan fingerprint density at radius 2 is 2.21 bits per heavy atom. The predicted octanol–water partition coefficient (Wildman–Crippen LogP) is -1.01. The molecule has 3 N–H and O–H groups in total. The van der Waals surface area contributed by atoms with E-state index in [0.717, 1.165) is 19.4 Å². The van der Waals surface area contributed by atoms with Gasteiger partial charge in [-0.2, -0.15) is 0 Å². The molecule has 14 heavy (non-hydrogen) atoms. The van der Waals surface area contributed by atoms with Crippen LogP contribution in [-0.2, 0) is 9.59 Å². The summed E-state index contributed by atoms with van der Waals surface area (Å²) < 4.78 is 0. The van der Waals surface area contributed by atoms with Crippen LogP contribution >= 0.6 is 0 Å². The third-order valence-electron chi connectivity index (χ3n) is 2.17. The molecular formula is C9H17N3O2. The Morgan fingerprint density at radius 3 is 2.79 bits per heavy atom. The molecule has 0 bridgehead atoms. The molecule has 1 aliphatic heterocycles. The van der Waals surface area contributed by atoms with Gasteiger partial charge >= 0.3 is 0 Å². The van der Waals surface area contributed by atoms with Crippen LogP contribution in [0.3, 0.4) is 0 Å². The number of carbonyl (C=O) groups is 2. The summed E-state index contributed by atoms with van der Waals surface area (Å²) in [5, 5.41) is 8.28. The van der Waals surface area contributed by atoms with E-state index in [0.29, 0.717) is 6.54 Å². The first-order valence-electron chi connectivity index (χ1n) is 5.02. The molecule has 1 unspecified atom stereocenters. The van der Waals surface area contributed by atoms with Crippen LogP contribution in [0.2, 0.25) is 0 Å². The molecule has 0 aromatic rings. The molecule has 1 saturated heterocycles. The van der Waals surface area contributed by atoms with E-state index < -0.39 is 0 Å². The van der Waals surface area contributed by atoms with Crippen LogP contribution in [0.15, 0.2) is 0 Å². The molecule has 2 amide bonds. The maximum Gasteiger partial charge on any atom is 0.239 e. The molecule has 5 heteroatoms. The SMILES string of the molecule is CCNC(=O)CNC(=O)C1CCCN1. The Bertz CT molecular complexity index is 212. The summed E-state index contributed by atoms with van der Waals surface area (Å²) >= 11 is 0. The highest BCUT2D eigenvalue weighted by molar-refractivity contribution is 5.87. The largest absolute Gasteiger partial charge is 0.355 e. The number of hydrogen-bond donors (Lipinski definition) is 3. The van der Waals surface area contributed by atoms with Crippen molar-refractivity contribution in [2.24, 2.45) is 0 Å². The Morgan fingerprint density at radius 1 is 1.43 bits per heavy atom. The normalized spacial score (nSPS) is 20.5. The second-order valence-electron chi connectivity index (χ2n) is 3.32. The average Bonchev–Trinajstić information content (AvgIpc) is 2.67. The molecule has 0 radical (unpaired) electrons. The fourth-order valence-electron chi connectivity index (χ4n) is 1.46. The van der Waals surface area contributed by atoms with E-state index in [1.807, 2.05) is 6.92 Å². The first-order valence-corrected chi connectivity index (χ1v) is 5.02. The highest BCUT2D eigenvalue weighted by atomic mass is 16.2. The molecule has 0 spiro atoms. The van der Waals surface area contributed by atoms with E-state index >= 15 is 0 Å². The van der Waals surface area contributed by atoms with E-state index in [4.69, 9.17) is 0 Å². The smallest absolute Gasteiger partial charge is 0.239 e. The highest BCUT2D eigenvalue weighted by Gasteiger charge is 2.21. The fourth-order valence-corrected chi connectivity index (χ4v) is 1.46. The molecule has 1 heterocycles. The molecule has 1 fully saturated rings. The molecule has 0 saturated carbocycles. The number of likely N-dealkylation sites (N-methyl/N-ethyl adjacent to an activating group) is 1. The van der Waals surface area contributed by atoms with Gasteiger partial charge in [0.1, 0.15) is 0 Å². The predicted molar refractivity (Wildman–Crippen MR) is 52.7 cm³/mol. The van der Waals surface area contributed by atoms with Crippen LogP contribution in [0.4, 0.5) is 0 Å². The lowest BCUT2D eigenvalue weighted by Crippen LogP contribution is -2.44. The van der Waals surface area contributed by atoms with Gasteiger partial charge in [-0.3, -0.25) is 9.59 Å². The van der Waals surface area contributed by atoms with Crippen LogP contribution < -0.4 is 16.0 Å². The summed E-state index contributed by atoms with van der Waals surface area (Å²) in [6.45, 7) is 3.40. The van der Waals surface area contributed by atoms with Crippen molar-refractivity contribution < 1.29 is 9.59 Å². The lowest BCUT2D eigenvalue weighted by atomic mass is 10.2. The van der Waals surface area contributed by atoms with Crippen LogP contribution in [-0.4, -0.2) is 37.5 Å². The molecule has 1 rings (SSSR count). The average molecular weight is 199 g/mol. The first kappa shape index (κ1) is 11.0. The Kier molecular flexibility index (Phi) is 4.39. The van der Waals surface area contributed by atoms with E-state index in [-0.39, 0.29) is 24.4 Å². The molecular weight excluding hydrogens is 182 g/mol. The minimum absolute atomic E-state index is 0.0743. The molecule has 5 nitrogen and oxygen atoms in total. The minimum Gasteiger partial charge on any atom is -0.355 e. The van der Waals surface area contributed by atoms with Gasteiger partial charge in [-0.05, 0) is 26.3 Å². The minimum atomic E-state index is -0.140. The number of carbonyl (C=O) groups excluding carboxylic acids is 2. The van der Waals surface area contributed by atoms with Crippen molar-refractivity contribution in [3.8, 4) is 0 Å². The van der Waals surface area contributed by atoms with Crippen LogP contribution in [0.5, 0.6) is 0 Å². The zero-order valence-corrected chi connectivity index (χ0v) is 8.43. The molecule has 0 aromatic heterocycles. The van der Waals surface area contributed by atoms with Gasteiger partial charge in [-0.1, -0.05) is 0 Å². The fraction of sp³-hybridized carbons (Fsp3) is 0.778. The van der Waals surface area contributed by atoms with Crippen molar-refractivity contribution in [3.63, 3.8) is 0 Å². The monoisotopic (exact) mass is 199 g/mol. The summed E-state index contributed by atoms with van der Waals surface area (Å²) in [4.78, 5) is 22.4. The Labute approximate surface area is 83.6 Å². The standard InChI is InChI=1S/C9H17N3O2/c1-2-10-8(13)6-12-9(14)7-4-3-5-11-7/h7,11H,2-6H2,1H3,(H,10,13)(H,12,14). The van der Waals surface area contributed by atoms with Crippen molar-refractivity contribution >= 4 is 11.8 Å². The van der Waals surface area contributed by atoms with Gasteiger partial charge in [0, 0.05) is 6.54 Å². The van der Waals surface area contributed by atoms with Gasteiger partial charge in [0.2, 0.25) is 11.8 Å². The van der Waals surface area contributed by atoms with Gasteiger partial charge in [-0.15, -0.1) is 0 Å². The second kappa shape index (κ2) is 5.59. The van der Waals surface area contributed by atoms with Crippen molar-refractivity contribution in [2.45, 2.75) is 25.8 Å². The number of rotatable bonds is 4. The zero-order valence-electron chi connectivity index (χ0n) is 8.43. The van der Waals surface area contributed by atoms with Crippen molar-refractivity contribution in [3.05, 3.63) is 0 Å². The first-order chi connectivity index (χ1) is 6.74. The summed E-state index contributed by atoms with van der Waals surface area (Å²) in [5.41, 5.74) is 0. The molecule has 80 valence electrons.